The zero-order chi connectivity index (χ0) is 11.7. The molecular formula is C11H6Cl3NO. The second-order valence-corrected chi connectivity index (χ2v) is 4.37. The Labute approximate surface area is 107 Å². The van der Waals surface area contributed by atoms with Crippen LogP contribution in [0.1, 0.15) is 0 Å². The van der Waals surface area contributed by atoms with Gasteiger partial charge in [-0.05, 0) is 12.1 Å². The van der Waals surface area contributed by atoms with Crippen LogP contribution in [-0.2, 0) is 0 Å². The molecule has 0 spiro atoms. The third-order valence-corrected chi connectivity index (χ3v) is 3.05. The quantitative estimate of drug-likeness (QED) is 0.835. The minimum absolute atomic E-state index is 0.0220. The highest BCUT2D eigenvalue weighted by atomic mass is 35.5. The molecule has 0 saturated heterocycles. The maximum absolute atomic E-state index is 9.19. The second kappa shape index (κ2) is 4.50. The van der Waals surface area contributed by atoms with Crippen LogP contribution in [0, 0.1) is 0 Å². The number of aromatic hydroxyl groups is 1. The summed E-state index contributed by atoms with van der Waals surface area (Å²) >= 11 is 17.7. The van der Waals surface area contributed by atoms with Crippen LogP contribution in [-0.4, -0.2) is 10.1 Å². The van der Waals surface area contributed by atoms with E-state index >= 15 is 0 Å². The summed E-state index contributed by atoms with van der Waals surface area (Å²) in [5.74, 6) is 0.0220. The SMILES string of the molecule is Oc1cnc(-c2ccc(Cl)c(Cl)c2)c(Cl)c1. The maximum Gasteiger partial charge on any atom is 0.135 e. The molecule has 0 aliphatic heterocycles. The van der Waals surface area contributed by atoms with Crippen LogP contribution in [0.4, 0.5) is 0 Å². The number of aromatic nitrogens is 1. The van der Waals surface area contributed by atoms with Crippen LogP contribution < -0.4 is 0 Å². The fourth-order valence-corrected chi connectivity index (χ4v) is 1.85. The molecule has 5 heteroatoms. The van der Waals surface area contributed by atoms with Crippen molar-refractivity contribution in [2.45, 2.75) is 0 Å². The number of halogens is 3. The van der Waals surface area contributed by atoms with Gasteiger partial charge in [-0.15, -0.1) is 0 Å². The highest BCUT2D eigenvalue weighted by Gasteiger charge is 2.08. The van der Waals surface area contributed by atoms with Gasteiger partial charge in [0.15, 0.2) is 0 Å². The molecule has 0 atom stereocenters. The minimum atomic E-state index is 0.0220. The Balaban J connectivity index is 2.54. The molecular weight excluding hydrogens is 268 g/mol. The van der Waals surface area contributed by atoms with Gasteiger partial charge in [-0.3, -0.25) is 4.98 Å². The molecule has 0 saturated carbocycles. The largest absolute Gasteiger partial charge is 0.506 e. The maximum atomic E-state index is 9.19. The second-order valence-electron chi connectivity index (χ2n) is 3.15. The van der Waals surface area contributed by atoms with Crippen molar-refractivity contribution >= 4 is 34.8 Å². The van der Waals surface area contributed by atoms with Crippen LogP contribution in [0.5, 0.6) is 5.75 Å². The van der Waals surface area contributed by atoms with Gasteiger partial charge in [0.1, 0.15) is 5.75 Å². The van der Waals surface area contributed by atoms with Gasteiger partial charge in [0, 0.05) is 11.6 Å². The fraction of sp³-hybridized carbons (Fsp3) is 0. The third-order valence-electron chi connectivity index (χ3n) is 2.02. The van der Waals surface area contributed by atoms with Gasteiger partial charge < -0.3 is 5.11 Å². The summed E-state index contributed by atoms with van der Waals surface area (Å²) in [5.41, 5.74) is 1.30. The molecule has 0 amide bonds. The van der Waals surface area contributed by atoms with E-state index in [1.165, 1.54) is 12.3 Å². The Morgan fingerprint density at radius 3 is 2.31 bits per heavy atom. The Morgan fingerprint density at radius 2 is 1.69 bits per heavy atom. The van der Waals surface area contributed by atoms with E-state index in [2.05, 4.69) is 4.98 Å². The number of nitrogens with zero attached hydrogens (tertiary/aromatic N) is 1. The molecule has 2 aromatic rings. The molecule has 2 nitrogen and oxygen atoms in total. The monoisotopic (exact) mass is 273 g/mol. The smallest absolute Gasteiger partial charge is 0.135 e. The lowest BCUT2D eigenvalue weighted by molar-refractivity contribution is 0.473. The van der Waals surface area contributed by atoms with Crippen molar-refractivity contribution in [2.24, 2.45) is 0 Å². The van der Waals surface area contributed by atoms with Gasteiger partial charge in [-0.2, -0.15) is 0 Å². The van der Waals surface area contributed by atoms with Crippen molar-refractivity contribution in [3.63, 3.8) is 0 Å². The van der Waals surface area contributed by atoms with Gasteiger partial charge in [-0.25, -0.2) is 0 Å². The first-order valence-electron chi connectivity index (χ1n) is 4.38. The number of hydrogen-bond donors (Lipinski definition) is 1. The molecule has 0 unspecified atom stereocenters. The van der Waals surface area contributed by atoms with E-state index in [1.807, 2.05) is 0 Å². The molecule has 1 N–H and O–H groups in total. The lowest BCUT2D eigenvalue weighted by atomic mass is 10.1. The van der Waals surface area contributed by atoms with E-state index < -0.39 is 0 Å². The van der Waals surface area contributed by atoms with Crippen molar-refractivity contribution in [1.29, 1.82) is 0 Å². The van der Waals surface area contributed by atoms with Crippen LogP contribution in [0.3, 0.4) is 0 Å². The summed E-state index contributed by atoms with van der Waals surface area (Å²) in [7, 11) is 0. The summed E-state index contributed by atoms with van der Waals surface area (Å²) in [6, 6.07) is 6.53. The predicted octanol–water partition coefficient (Wildman–Crippen LogP) is 4.41. The highest BCUT2D eigenvalue weighted by molar-refractivity contribution is 6.42. The standard InChI is InChI=1S/C11H6Cl3NO/c12-8-2-1-6(3-9(8)13)11-10(14)4-7(16)5-15-11/h1-5,16H. The Kier molecular flexibility index (Phi) is 3.24. The lowest BCUT2D eigenvalue weighted by Gasteiger charge is -2.05. The van der Waals surface area contributed by atoms with E-state index in [9.17, 15) is 5.11 Å². The topological polar surface area (TPSA) is 33.1 Å². The first-order chi connectivity index (χ1) is 7.58. The van der Waals surface area contributed by atoms with E-state index in [0.717, 1.165) is 5.56 Å². The molecule has 1 aromatic heterocycles. The Hall–Kier alpha value is -0.960. The Morgan fingerprint density at radius 1 is 0.938 bits per heavy atom. The molecule has 0 aliphatic carbocycles. The molecule has 2 rings (SSSR count). The number of benzene rings is 1. The summed E-state index contributed by atoms with van der Waals surface area (Å²) < 4.78 is 0. The fourth-order valence-electron chi connectivity index (χ4n) is 1.28. The van der Waals surface area contributed by atoms with Crippen molar-refractivity contribution in [3.05, 3.63) is 45.5 Å². The summed E-state index contributed by atoms with van der Waals surface area (Å²) in [4.78, 5) is 4.04. The number of pyridine rings is 1. The number of hydrogen-bond acceptors (Lipinski definition) is 2. The normalized spacial score (nSPS) is 10.4. The zero-order valence-electron chi connectivity index (χ0n) is 7.92. The van der Waals surface area contributed by atoms with Crippen molar-refractivity contribution in [1.82, 2.24) is 4.98 Å². The zero-order valence-corrected chi connectivity index (χ0v) is 10.2. The van der Waals surface area contributed by atoms with Crippen LogP contribution in [0.2, 0.25) is 15.1 Å². The molecule has 16 heavy (non-hydrogen) atoms. The van der Waals surface area contributed by atoms with Crippen molar-refractivity contribution in [3.8, 4) is 17.0 Å². The molecule has 0 aliphatic rings. The Bertz CT molecular complexity index is 543. The van der Waals surface area contributed by atoms with Gasteiger partial charge in [0.25, 0.3) is 0 Å². The number of rotatable bonds is 1. The molecule has 0 fully saturated rings. The first kappa shape index (κ1) is 11.5. The highest BCUT2D eigenvalue weighted by Crippen LogP contribution is 2.32. The summed E-state index contributed by atoms with van der Waals surface area (Å²) in [5, 5.41) is 10.5. The molecule has 0 bridgehead atoms. The van der Waals surface area contributed by atoms with E-state index in [-0.39, 0.29) is 5.75 Å². The van der Waals surface area contributed by atoms with Crippen LogP contribution in [0.15, 0.2) is 30.5 Å². The third kappa shape index (κ3) is 2.24. The summed E-state index contributed by atoms with van der Waals surface area (Å²) in [6.07, 6.45) is 1.32. The average molecular weight is 275 g/mol. The van der Waals surface area contributed by atoms with Crippen LogP contribution >= 0.6 is 34.8 Å². The van der Waals surface area contributed by atoms with E-state index in [0.29, 0.717) is 20.8 Å². The molecule has 0 radical (unpaired) electrons. The van der Waals surface area contributed by atoms with Gasteiger partial charge in [0.05, 0.1) is 27.0 Å². The minimum Gasteiger partial charge on any atom is -0.506 e. The van der Waals surface area contributed by atoms with Gasteiger partial charge >= 0.3 is 0 Å². The molecule has 82 valence electrons. The molecule has 1 aromatic carbocycles. The van der Waals surface area contributed by atoms with E-state index in [1.54, 1.807) is 18.2 Å². The average Bonchev–Trinajstić information content (AvgIpc) is 2.22. The van der Waals surface area contributed by atoms with Crippen molar-refractivity contribution in [2.75, 3.05) is 0 Å². The van der Waals surface area contributed by atoms with Gasteiger partial charge in [0.2, 0.25) is 0 Å². The predicted molar refractivity (Wildman–Crippen MR) is 66.4 cm³/mol. The first-order valence-corrected chi connectivity index (χ1v) is 5.51. The molecule has 1 heterocycles. The summed E-state index contributed by atoms with van der Waals surface area (Å²) in [6.45, 7) is 0. The lowest BCUT2D eigenvalue weighted by Crippen LogP contribution is -1.85. The van der Waals surface area contributed by atoms with Crippen molar-refractivity contribution < 1.29 is 5.11 Å². The van der Waals surface area contributed by atoms with Gasteiger partial charge in [-0.1, -0.05) is 40.9 Å². The van der Waals surface area contributed by atoms with Crippen LogP contribution in [0.25, 0.3) is 11.3 Å². The van der Waals surface area contributed by atoms with E-state index in [4.69, 9.17) is 34.8 Å².